The van der Waals surface area contributed by atoms with Crippen molar-refractivity contribution < 1.29 is 23.5 Å². The van der Waals surface area contributed by atoms with Gasteiger partial charge in [-0.05, 0) is 80.8 Å². The fourth-order valence-electron chi connectivity index (χ4n) is 3.28. The van der Waals surface area contributed by atoms with Gasteiger partial charge in [0.05, 0.1) is 23.0 Å². The largest absolute Gasteiger partial charge is 0.493 e. The molecule has 0 aromatic heterocycles. The monoisotopic (exact) mass is 605 g/mol. The molecule has 1 fully saturated rings. The third kappa shape index (κ3) is 5.54. The van der Waals surface area contributed by atoms with Crippen LogP contribution < -0.4 is 9.47 Å². The van der Waals surface area contributed by atoms with Crippen LogP contribution in [-0.4, -0.2) is 23.2 Å². The molecule has 0 unspecified atom stereocenters. The van der Waals surface area contributed by atoms with Gasteiger partial charge in [0, 0.05) is 4.47 Å². The maximum atomic E-state index is 13.1. The minimum atomic E-state index is -0.350. The second kappa shape index (κ2) is 10.8. The number of amides is 2. The zero-order valence-corrected chi connectivity index (χ0v) is 21.9. The number of thioether (sulfide) groups is 1. The van der Waals surface area contributed by atoms with Crippen molar-refractivity contribution in [1.29, 1.82) is 0 Å². The normalized spacial score (nSPS) is 14.7. The SMILES string of the molecule is COc1cc(/C=C2\SC(=O)N(Cc3ccccc3Br)C2=O)cc(Br)c1OCc1ccc(F)cc1. The molecule has 3 aromatic carbocycles. The topological polar surface area (TPSA) is 55.8 Å². The number of benzene rings is 3. The van der Waals surface area contributed by atoms with Crippen LogP contribution in [0, 0.1) is 5.82 Å². The summed E-state index contributed by atoms with van der Waals surface area (Å²) in [5.74, 6) is 0.270. The minimum Gasteiger partial charge on any atom is -0.493 e. The molecular weight excluding hydrogens is 589 g/mol. The standard InChI is InChI=1S/C25H18Br2FNO4S/c1-32-21-11-16(10-20(27)23(21)33-14-15-6-8-18(28)9-7-15)12-22-24(30)29(25(31)34-22)13-17-4-2-3-5-19(17)26/h2-12H,13-14H2,1H3/b22-12-. The van der Waals surface area contributed by atoms with Crippen LogP contribution in [0.1, 0.15) is 16.7 Å². The molecule has 3 aromatic rings. The molecule has 0 radical (unpaired) electrons. The molecule has 174 valence electrons. The Hall–Kier alpha value is -2.62. The summed E-state index contributed by atoms with van der Waals surface area (Å²) in [5.41, 5.74) is 2.32. The van der Waals surface area contributed by atoms with Crippen LogP contribution >= 0.6 is 43.6 Å². The van der Waals surface area contributed by atoms with E-state index >= 15 is 0 Å². The summed E-state index contributed by atoms with van der Waals surface area (Å²) in [4.78, 5) is 27.0. The van der Waals surface area contributed by atoms with Gasteiger partial charge in [0.1, 0.15) is 12.4 Å². The lowest BCUT2D eigenvalue weighted by Gasteiger charge is -2.14. The minimum absolute atomic E-state index is 0.187. The van der Waals surface area contributed by atoms with Gasteiger partial charge in [0.25, 0.3) is 11.1 Å². The van der Waals surface area contributed by atoms with Gasteiger partial charge in [-0.15, -0.1) is 0 Å². The second-order valence-electron chi connectivity index (χ2n) is 7.31. The number of imide groups is 1. The summed E-state index contributed by atoms with van der Waals surface area (Å²) < 4.78 is 25.9. The number of carbonyl (C=O) groups is 2. The molecule has 0 atom stereocenters. The number of halogens is 3. The Bertz CT molecular complexity index is 1280. The molecule has 4 rings (SSSR count). The van der Waals surface area contributed by atoms with Crippen LogP contribution in [0.25, 0.3) is 6.08 Å². The van der Waals surface area contributed by atoms with E-state index < -0.39 is 0 Å². The first kappa shape index (κ1) is 24.5. The highest BCUT2D eigenvalue weighted by molar-refractivity contribution is 9.10. The third-order valence-corrected chi connectivity index (χ3v) is 7.28. The summed E-state index contributed by atoms with van der Waals surface area (Å²) >= 11 is 7.85. The molecule has 0 aliphatic carbocycles. The lowest BCUT2D eigenvalue weighted by atomic mass is 10.1. The lowest BCUT2D eigenvalue weighted by Crippen LogP contribution is -2.27. The Morgan fingerprint density at radius 1 is 1.03 bits per heavy atom. The lowest BCUT2D eigenvalue weighted by molar-refractivity contribution is -0.123. The maximum Gasteiger partial charge on any atom is 0.293 e. The van der Waals surface area contributed by atoms with Gasteiger partial charge in [-0.1, -0.05) is 46.3 Å². The molecular formula is C25H18Br2FNO4S. The fraction of sp³-hybridized carbons (Fsp3) is 0.120. The van der Waals surface area contributed by atoms with Gasteiger partial charge in [0.2, 0.25) is 0 Å². The van der Waals surface area contributed by atoms with Crippen LogP contribution in [-0.2, 0) is 17.9 Å². The summed E-state index contributed by atoms with van der Waals surface area (Å²) in [6.45, 7) is 0.412. The Labute approximate surface area is 217 Å². The van der Waals surface area contributed by atoms with Gasteiger partial charge < -0.3 is 9.47 Å². The van der Waals surface area contributed by atoms with E-state index in [0.717, 1.165) is 27.4 Å². The second-order valence-corrected chi connectivity index (χ2v) is 10.0. The highest BCUT2D eigenvalue weighted by Gasteiger charge is 2.35. The highest BCUT2D eigenvalue weighted by atomic mass is 79.9. The first-order valence-electron chi connectivity index (χ1n) is 10.1. The van der Waals surface area contributed by atoms with E-state index in [4.69, 9.17) is 9.47 Å². The van der Waals surface area contributed by atoms with E-state index in [1.54, 1.807) is 30.3 Å². The molecule has 1 aliphatic heterocycles. The summed E-state index contributed by atoms with van der Waals surface area (Å²) in [5, 5.41) is -0.322. The number of nitrogens with zero attached hydrogens (tertiary/aromatic N) is 1. The Morgan fingerprint density at radius 3 is 2.47 bits per heavy atom. The van der Waals surface area contributed by atoms with Crippen LogP contribution in [0.15, 0.2) is 74.5 Å². The van der Waals surface area contributed by atoms with Crippen molar-refractivity contribution in [1.82, 2.24) is 4.90 Å². The number of carbonyl (C=O) groups excluding carboxylic acids is 2. The summed E-state index contributed by atoms with van der Waals surface area (Å²) in [6, 6.07) is 17.0. The molecule has 0 bridgehead atoms. The zero-order chi connectivity index (χ0) is 24.2. The van der Waals surface area contributed by atoms with Gasteiger partial charge in [0.15, 0.2) is 11.5 Å². The molecule has 2 amide bonds. The third-order valence-electron chi connectivity index (χ3n) is 5.01. The first-order chi connectivity index (χ1) is 16.4. The van der Waals surface area contributed by atoms with Gasteiger partial charge >= 0.3 is 0 Å². The van der Waals surface area contributed by atoms with Gasteiger partial charge in [-0.2, -0.15) is 0 Å². The highest BCUT2D eigenvalue weighted by Crippen LogP contribution is 2.40. The molecule has 0 spiro atoms. The van der Waals surface area contributed by atoms with Gasteiger partial charge in [-0.25, -0.2) is 4.39 Å². The zero-order valence-electron chi connectivity index (χ0n) is 17.9. The van der Waals surface area contributed by atoms with Crippen LogP contribution in [0.3, 0.4) is 0 Å². The van der Waals surface area contributed by atoms with E-state index in [0.29, 0.717) is 26.4 Å². The van der Waals surface area contributed by atoms with Crippen molar-refractivity contribution in [3.63, 3.8) is 0 Å². The van der Waals surface area contributed by atoms with Gasteiger partial charge in [-0.3, -0.25) is 14.5 Å². The predicted octanol–water partition coefficient (Wildman–Crippen LogP) is 7.17. The fourth-order valence-corrected chi connectivity index (χ4v) is 5.11. The quantitative estimate of drug-likeness (QED) is 0.267. The number of methoxy groups -OCH3 is 1. The van der Waals surface area contributed by atoms with E-state index in [2.05, 4.69) is 31.9 Å². The molecule has 1 saturated heterocycles. The number of hydrogen-bond acceptors (Lipinski definition) is 5. The van der Waals surface area contributed by atoms with Crippen molar-refractivity contribution in [3.8, 4) is 11.5 Å². The Kier molecular flexibility index (Phi) is 7.75. The number of hydrogen-bond donors (Lipinski definition) is 0. The first-order valence-corrected chi connectivity index (χ1v) is 12.5. The van der Waals surface area contributed by atoms with Crippen molar-refractivity contribution in [3.05, 3.63) is 97.0 Å². The Balaban J connectivity index is 1.53. The van der Waals surface area contributed by atoms with Crippen LogP contribution in [0.5, 0.6) is 11.5 Å². The maximum absolute atomic E-state index is 13.1. The van der Waals surface area contributed by atoms with E-state index in [9.17, 15) is 14.0 Å². The molecule has 1 heterocycles. The number of rotatable bonds is 7. The summed E-state index contributed by atoms with van der Waals surface area (Å²) in [7, 11) is 1.52. The van der Waals surface area contributed by atoms with Crippen molar-refractivity contribution in [2.45, 2.75) is 13.2 Å². The molecule has 5 nitrogen and oxygen atoms in total. The average molecular weight is 607 g/mol. The van der Waals surface area contributed by atoms with E-state index in [-0.39, 0.29) is 30.1 Å². The molecule has 9 heteroatoms. The number of ether oxygens (including phenoxy) is 2. The molecule has 1 aliphatic rings. The Morgan fingerprint density at radius 2 is 1.76 bits per heavy atom. The van der Waals surface area contributed by atoms with Crippen molar-refractivity contribution in [2.24, 2.45) is 0 Å². The van der Waals surface area contributed by atoms with Crippen LogP contribution in [0.4, 0.5) is 9.18 Å². The summed E-state index contributed by atoms with van der Waals surface area (Å²) in [6.07, 6.45) is 1.65. The average Bonchev–Trinajstić information content (AvgIpc) is 3.07. The van der Waals surface area contributed by atoms with Crippen LogP contribution in [0.2, 0.25) is 0 Å². The molecule has 0 N–H and O–H groups in total. The van der Waals surface area contributed by atoms with E-state index in [1.165, 1.54) is 24.1 Å². The van der Waals surface area contributed by atoms with Crippen molar-refractivity contribution in [2.75, 3.05) is 7.11 Å². The van der Waals surface area contributed by atoms with E-state index in [1.807, 2.05) is 24.3 Å². The van der Waals surface area contributed by atoms with Crippen molar-refractivity contribution >= 4 is 60.8 Å². The predicted molar refractivity (Wildman–Crippen MR) is 137 cm³/mol. The molecule has 34 heavy (non-hydrogen) atoms. The smallest absolute Gasteiger partial charge is 0.293 e. The molecule has 0 saturated carbocycles.